The van der Waals surface area contributed by atoms with Crippen molar-refractivity contribution in [3.8, 4) is 5.82 Å². The third-order valence-corrected chi connectivity index (χ3v) is 5.74. The zero-order chi connectivity index (χ0) is 22.9. The number of carbonyl (C=O) groups excluding carboxylic acids is 1. The molecule has 10 nitrogen and oxygen atoms in total. The van der Waals surface area contributed by atoms with Gasteiger partial charge in [-0.25, -0.2) is 9.97 Å². The van der Waals surface area contributed by atoms with E-state index < -0.39 is 0 Å². The molecule has 4 heterocycles. The van der Waals surface area contributed by atoms with E-state index in [-0.39, 0.29) is 17.5 Å². The lowest BCUT2D eigenvalue weighted by Gasteiger charge is -2.26. The molecular formula is C23H24N8O2. The van der Waals surface area contributed by atoms with Crippen molar-refractivity contribution in [2.24, 2.45) is 0 Å². The van der Waals surface area contributed by atoms with E-state index in [2.05, 4.69) is 31.0 Å². The van der Waals surface area contributed by atoms with Crippen LogP contribution in [0.5, 0.6) is 0 Å². The Morgan fingerprint density at radius 1 is 1.15 bits per heavy atom. The van der Waals surface area contributed by atoms with Crippen molar-refractivity contribution in [1.82, 2.24) is 29.5 Å². The Balaban J connectivity index is 1.51. The molecule has 0 atom stereocenters. The molecule has 33 heavy (non-hydrogen) atoms. The van der Waals surface area contributed by atoms with Gasteiger partial charge in [-0.2, -0.15) is 9.61 Å². The summed E-state index contributed by atoms with van der Waals surface area (Å²) in [6.45, 7) is 1.87. The molecule has 10 heteroatoms. The van der Waals surface area contributed by atoms with Gasteiger partial charge in [-0.3, -0.25) is 14.2 Å². The summed E-state index contributed by atoms with van der Waals surface area (Å²) < 4.78 is 3.05. The molecule has 0 aromatic carbocycles. The topological polar surface area (TPSA) is 118 Å². The van der Waals surface area contributed by atoms with Crippen molar-refractivity contribution in [1.29, 1.82) is 0 Å². The fourth-order valence-electron chi connectivity index (χ4n) is 3.75. The lowest BCUT2D eigenvalue weighted by Crippen LogP contribution is -2.39. The van der Waals surface area contributed by atoms with Gasteiger partial charge in [0.1, 0.15) is 28.7 Å². The van der Waals surface area contributed by atoms with Gasteiger partial charge in [-0.05, 0) is 50.5 Å². The Labute approximate surface area is 189 Å². The van der Waals surface area contributed by atoms with Crippen LogP contribution in [0, 0.1) is 6.92 Å². The molecule has 0 unspecified atom stereocenters. The van der Waals surface area contributed by atoms with Crippen molar-refractivity contribution < 1.29 is 4.79 Å². The number of amides is 1. The highest BCUT2D eigenvalue weighted by atomic mass is 16.2. The predicted octanol–water partition coefficient (Wildman–Crippen LogP) is 2.65. The van der Waals surface area contributed by atoms with Gasteiger partial charge in [0.25, 0.3) is 11.5 Å². The zero-order valence-corrected chi connectivity index (χ0v) is 18.4. The molecular weight excluding hydrogens is 420 g/mol. The van der Waals surface area contributed by atoms with E-state index in [0.717, 1.165) is 25.0 Å². The first kappa shape index (κ1) is 20.7. The first-order chi connectivity index (χ1) is 16.0. The average Bonchev–Trinajstić information content (AvgIpc) is 3.21. The lowest BCUT2D eigenvalue weighted by atomic mass is 9.93. The number of carbonyl (C=O) groups is 1. The summed E-state index contributed by atoms with van der Waals surface area (Å²) in [5, 5.41) is 13.5. The second kappa shape index (κ2) is 8.38. The zero-order valence-electron chi connectivity index (χ0n) is 18.4. The molecule has 0 bridgehead atoms. The number of pyridine rings is 2. The van der Waals surface area contributed by atoms with E-state index >= 15 is 0 Å². The molecule has 1 amide bonds. The summed E-state index contributed by atoms with van der Waals surface area (Å²) in [6, 6.07) is 10.9. The number of rotatable bonds is 6. The van der Waals surface area contributed by atoms with E-state index in [0.29, 0.717) is 34.4 Å². The van der Waals surface area contributed by atoms with Crippen molar-refractivity contribution in [3.05, 3.63) is 70.4 Å². The standard InChI is InChI=1S/C23H24N8O2/c1-14-6-3-10-19(26-14)30-11-5-9-17(23(30)33)28-18-12-20(24-2)31-21(29-18)16(13-25-31)22(32)27-15-7-4-8-15/h3,5-6,9-13,15,24H,4,7-8H2,1-2H3,(H,27,32)(H,28,29). The van der Waals surface area contributed by atoms with Gasteiger partial charge >= 0.3 is 0 Å². The highest BCUT2D eigenvalue weighted by molar-refractivity contribution is 6.00. The van der Waals surface area contributed by atoms with Crippen molar-refractivity contribution in [2.45, 2.75) is 32.2 Å². The van der Waals surface area contributed by atoms with E-state index in [9.17, 15) is 9.59 Å². The number of aryl methyl sites for hydroxylation is 1. The molecule has 0 aliphatic heterocycles. The average molecular weight is 444 g/mol. The Morgan fingerprint density at radius 2 is 2.00 bits per heavy atom. The van der Waals surface area contributed by atoms with Crippen LogP contribution >= 0.6 is 0 Å². The molecule has 0 saturated heterocycles. The van der Waals surface area contributed by atoms with Gasteiger partial charge in [0, 0.05) is 31.0 Å². The number of nitrogens with one attached hydrogen (secondary N) is 3. The van der Waals surface area contributed by atoms with Crippen molar-refractivity contribution in [3.63, 3.8) is 0 Å². The molecule has 168 valence electrons. The van der Waals surface area contributed by atoms with Crippen molar-refractivity contribution in [2.75, 3.05) is 17.7 Å². The summed E-state index contributed by atoms with van der Waals surface area (Å²) in [4.78, 5) is 34.9. The second-order valence-electron chi connectivity index (χ2n) is 8.03. The summed E-state index contributed by atoms with van der Waals surface area (Å²) in [7, 11) is 1.76. The maximum Gasteiger partial charge on any atom is 0.279 e. The number of aromatic nitrogens is 5. The van der Waals surface area contributed by atoms with E-state index in [1.807, 2.05) is 19.1 Å². The highest BCUT2D eigenvalue weighted by Crippen LogP contribution is 2.23. The van der Waals surface area contributed by atoms with Crippen molar-refractivity contribution >= 4 is 28.9 Å². The molecule has 4 aromatic rings. The van der Waals surface area contributed by atoms with Crippen LogP contribution < -0.4 is 21.5 Å². The first-order valence-electron chi connectivity index (χ1n) is 10.8. The van der Waals surface area contributed by atoms with Gasteiger partial charge in [0.15, 0.2) is 5.65 Å². The van der Waals surface area contributed by atoms with E-state index in [1.54, 1.807) is 42.0 Å². The Morgan fingerprint density at radius 3 is 2.73 bits per heavy atom. The van der Waals surface area contributed by atoms with Crippen LogP contribution in [0.1, 0.15) is 35.3 Å². The quantitative estimate of drug-likeness (QED) is 0.418. The molecule has 1 saturated carbocycles. The predicted molar refractivity (Wildman–Crippen MR) is 125 cm³/mol. The maximum absolute atomic E-state index is 13.1. The van der Waals surface area contributed by atoms with Gasteiger partial charge in [-0.15, -0.1) is 0 Å². The molecule has 0 spiro atoms. The molecule has 5 rings (SSSR count). The third-order valence-electron chi connectivity index (χ3n) is 5.74. The van der Waals surface area contributed by atoms with E-state index in [4.69, 9.17) is 0 Å². The number of anilines is 3. The van der Waals surface area contributed by atoms with Gasteiger partial charge in [-0.1, -0.05) is 6.07 Å². The number of nitrogens with zero attached hydrogens (tertiary/aromatic N) is 5. The van der Waals surface area contributed by atoms with Crippen LogP contribution in [0.25, 0.3) is 11.5 Å². The highest BCUT2D eigenvalue weighted by Gasteiger charge is 2.23. The minimum atomic E-state index is -0.264. The SMILES string of the molecule is CNc1cc(Nc2cccn(-c3cccc(C)n3)c2=O)nc2c(C(=O)NC3CCC3)cnn12. The van der Waals surface area contributed by atoms with Crippen LogP contribution in [-0.4, -0.2) is 43.1 Å². The third kappa shape index (κ3) is 3.91. The van der Waals surface area contributed by atoms with Crippen LogP contribution in [-0.2, 0) is 0 Å². The van der Waals surface area contributed by atoms with Crippen LogP contribution in [0.15, 0.2) is 53.6 Å². The fraction of sp³-hybridized carbons (Fsp3) is 0.261. The van der Waals surface area contributed by atoms with Gasteiger partial charge in [0.05, 0.1) is 6.20 Å². The fourth-order valence-corrected chi connectivity index (χ4v) is 3.75. The van der Waals surface area contributed by atoms with E-state index in [1.165, 1.54) is 10.8 Å². The first-order valence-corrected chi connectivity index (χ1v) is 10.8. The molecule has 1 aliphatic rings. The summed E-state index contributed by atoms with van der Waals surface area (Å²) >= 11 is 0. The monoisotopic (exact) mass is 444 g/mol. The molecule has 1 fully saturated rings. The second-order valence-corrected chi connectivity index (χ2v) is 8.03. The summed E-state index contributed by atoms with van der Waals surface area (Å²) in [5.74, 6) is 1.38. The summed E-state index contributed by atoms with van der Waals surface area (Å²) in [6.07, 6.45) is 6.29. The van der Waals surface area contributed by atoms with Crippen LogP contribution in [0.2, 0.25) is 0 Å². The smallest absolute Gasteiger partial charge is 0.279 e. The molecule has 0 radical (unpaired) electrons. The summed E-state index contributed by atoms with van der Waals surface area (Å²) in [5.41, 5.74) is 1.67. The lowest BCUT2D eigenvalue weighted by molar-refractivity contribution is 0.0918. The maximum atomic E-state index is 13.1. The van der Waals surface area contributed by atoms with Gasteiger partial charge < -0.3 is 16.0 Å². The number of hydrogen-bond donors (Lipinski definition) is 3. The number of fused-ring (bicyclic) bond motifs is 1. The van der Waals surface area contributed by atoms with Crippen LogP contribution in [0.4, 0.5) is 17.3 Å². The molecule has 3 N–H and O–H groups in total. The Hall–Kier alpha value is -4.21. The number of hydrogen-bond acceptors (Lipinski definition) is 7. The van der Waals surface area contributed by atoms with Crippen LogP contribution in [0.3, 0.4) is 0 Å². The molecule has 4 aromatic heterocycles. The minimum absolute atomic E-state index is 0.200. The largest absolute Gasteiger partial charge is 0.373 e. The Kier molecular flexibility index (Phi) is 5.25. The Bertz CT molecular complexity index is 1400. The molecule has 1 aliphatic carbocycles. The minimum Gasteiger partial charge on any atom is -0.373 e. The normalized spacial score (nSPS) is 13.5. The van der Waals surface area contributed by atoms with Gasteiger partial charge in [0.2, 0.25) is 0 Å².